The molecule has 1 heterocycles. The zero-order chi connectivity index (χ0) is 27.0. The normalized spacial score (nSPS) is 20.0. The molecule has 4 atom stereocenters. The predicted octanol–water partition coefficient (Wildman–Crippen LogP) is 4.63. The van der Waals surface area contributed by atoms with Crippen LogP contribution in [0.25, 0.3) is 0 Å². The Morgan fingerprint density at radius 2 is 1.78 bits per heavy atom. The van der Waals surface area contributed by atoms with Crippen molar-refractivity contribution in [1.29, 1.82) is 0 Å². The van der Waals surface area contributed by atoms with Crippen molar-refractivity contribution >= 4 is 17.7 Å². The molecule has 0 aromatic heterocycles. The van der Waals surface area contributed by atoms with Crippen LogP contribution in [0.3, 0.4) is 0 Å². The van der Waals surface area contributed by atoms with E-state index < -0.39 is 17.5 Å². The monoisotopic (exact) mass is 507 g/mol. The van der Waals surface area contributed by atoms with Crippen LogP contribution < -0.4 is 16.0 Å². The maximum Gasteiger partial charge on any atom is 0.242 e. The number of aliphatic hydroxyl groups excluding tert-OH is 1. The second-order valence-electron chi connectivity index (χ2n) is 11.0. The van der Waals surface area contributed by atoms with Gasteiger partial charge in [-0.2, -0.15) is 0 Å². The Morgan fingerprint density at radius 1 is 1.08 bits per heavy atom. The highest BCUT2D eigenvalue weighted by Crippen LogP contribution is 2.35. The fraction of sp³-hybridized carbons (Fsp3) is 0.828. The maximum atomic E-state index is 13.3. The van der Waals surface area contributed by atoms with Crippen LogP contribution in [-0.4, -0.2) is 48.1 Å². The molecule has 36 heavy (non-hydrogen) atoms. The average Bonchev–Trinajstić information content (AvgIpc) is 3.21. The van der Waals surface area contributed by atoms with Crippen LogP contribution in [0.1, 0.15) is 111 Å². The molecule has 1 aliphatic heterocycles. The van der Waals surface area contributed by atoms with E-state index in [4.69, 9.17) is 0 Å². The SMILES string of the molecule is C=CCCCC(CCCCCCC)C(=O)N[C@@H](CC(C)C)C(=O)N[C@H](CO)CC1(CC)CCNC1=O. The number of nitrogens with one attached hydrogen (secondary N) is 3. The maximum absolute atomic E-state index is 13.3. The van der Waals surface area contributed by atoms with Crippen LogP contribution in [0.5, 0.6) is 0 Å². The zero-order valence-corrected chi connectivity index (χ0v) is 23.4. The van der Waals surface area contributed by atoms with Crippen molar-refractivity contribution in [2.24, 2.45) is 17.3 Å². The number of carbonyl (C=O) groups is 3. The summed E-state index contributed by atoms with van der Waals surface area (Å²) < 4.78 is 0. The summed E-state index contributed by atoms with van der Waals surface area (Å²) in [6.07, 6.45) is 13.3. The molecule has 4 N–H and O–H groups in total. The molecular formula is C29H53N3O4. The van der Waals surface area contributed by atoms with Gasteiger partial charge in [-0.25, -0.2) is 0 Å². The van der Waals surface area contributed by atoms with Crippen LogP contribution in [-0.2, 0) is 14.4 Å². The number of hydrogen-bond donors (Lipinski definition) is 4. The molecule has 0 aromatic carbocycles. The summed E-state index contributed by atoms with van der Waals surface area (Å²) in [7, 11) is 0. The van der Waals surface area contributed by atoms with Gasteiger partial charge in [0, 0.05) is 12.5 Å². The van der Waals surface area contributed by atoms with Crippen molar-refractivity contribution in [3.8, 4) is 0 Å². The molecule has 208 valence electrons. The van der Waals surface area contributed by atoms with E-state index in [-0.39, 0.29) is 36.2 Å². The number of carbonyl (C=O) groups excluding carboxylic acids is 3. The average molecular weight is 508 g/mol. The van der Waals surface area contributed by atoms with Crippen molar-refractivity contribution in [3.63, 3.8) is 0 Å². The standard InChI is InChI=1S/C29H53N3O4/c1-6-9-11-12-14-16-23(15-13-10-7-2)26(34)32-25(19-22(4)5)27(35)31-24(21-33)20-29(8-3)17-18-30-28(29)36/h7,22-25,33H,2,6,8-21H2,1,3-5H3,(H,30,36)(H,31,35)(H,32,34)/t23?,24-,25-,29?/m0/s1. The Hall–Kier alpha value is -1.89. The first-order valence-corrected chi connectivity index (χ1v) is 14.3. The Balaban J connectivity index is 2.85. The van der Waals surface area contributed by atoms with Gasteiger partial charge in [-0.15, -0.1) is 6.58 Å². The van der Waals surface area contributed by atoms with E-state index in [1.165, 1.54) is 19.3 Å². The number of amides is 3. The van der Waals surface area contributed by atoms with Gasteiger partial charge in [0.25, 0.3) is 0 Å². The van der Waals surface area contributed by atoms with Gasteiger partial charge in [0.15, 0.2) is 0 Å². The number of hydrogen-bond acceptors (Lipinski definition) is 4. The highest BCUT2D eigenvalue weighted by Gasteiger charge is 2.42. The highest BCUT2D eigenvalue weighted by atomic mass is 16.3. The summed E-state index contributed by atoms with van der Waals surface area (Å²) in [6.45, 7) is 12.4. The first kappa shape index (κ1) is 32.1. The summed E-state index contributed by atoms with van der Waals surface area (Å²) >= 11 is 0. The van der Waals surface area contributed by atoms with Crippen molar-refractivity contribution in [1.82, 2.24) is 16.0 Å². The van der Waals surface area contributed by atoms with Crippen molar-refractivity contribution in [2.45, 2.75) is 123 Å². The molecule has 0 radical (unpaired) electrons. The minimum atomic E-state index is -0.663. The van der Waals surface area contributed by atoms with Gasteiger partial charge >= 0.3 is 0 Å². The van der Waals surface area contributed by atoms with Gasteiger partial charge in [-0.3, -0.25) is 14.4 Å². The molecule has 0 aromatic rings. The molecule has 0 saturated carbocycles. The zero-order valence-electron chi connectivity index (χ0n) is 23.4. The first-order valence-electron chi connectivity index (χ1n) is 14.3. The Morgan fingerprint density at radius 3 is 2.33 bits per heavy atom. The van der Waals surface area contributed by atoms with Crippen molar-refractivity contribution in [2.75, 3.05) is 13.2 Å². The summed E-state index contributed by atoms with van der Waals surface area (Å²) in [5, 5.41) is 18.9. The molecule has 1 saturated heterocycles. The predicted molar refractivity (Wildman–Crippen MR) is 146 cm³/mol. The number of allylic oxidation sites excluding steroid dienone is 1. The minimum absolute atomic E-state index is 0.00830. The van der Waals surface area contributed by atoms with E-state index in [2.05, 4.69) is 29.5 Å². The van der Waals surface area contributed by atoms with E-state index in [1.807, 2.05) is 26.8 Å². The third-order valence-electron chi connectivity index (χ3n) is 7.58. The largest absolute Gasteiger partial charge is 0.394 e. The molecule has 0 aliphatic carbocycles. The quantitative estimate of drug-likeness (QED) is 0.142. The lowest BCUT2D eigenvalue weighted by Crippen LogP contribution is -2.53. The third-order valence-corrected chi connectivity index (χ3v) is 7.58. The van der Waals surface area contributed by atoms with E-state index >= 15 is 0 Å². The van der Waals surface area contributed by atoms with Crippen LogP contribution in [0, 0.1) is 17.3 Å². The summed E-state index contributed by atoms with van der Waals surface area (Å²) in [6, 6.07) is -1.20. The molecular weight excluding hydrogens is 454 g/mol. The third kappa shape index (κ3) is 11.0. The van der Waals surface area contributed by atoms with E-state index in [9.17, 15) is 19.5 Å². The fourth-order valence-electron chi connectivity index (χ4n) is 5.23. The number of rotatable bonds is 20. The van der Waals surface area contributed by atoms with E-state index in [0.717, 1.165) is 38.5 Å². The Bertz CT molecular complexity index is 681. The topological polar surface area (TPSA) is 108 Å². The fourth-order valence-corrected chi connectivity index (χ4v) is 5.23. The van der Waals surface area contributed by atoms with Gasteiger partial charge in [0.2, 0.25) is 17.7 Å². The molecule has 7 heteroatoms. The van der Waals surface area contributed by atoms with Gasteiger partial charge in [0.05, 0.1) is 18.1 Å². The molecule has 1 aliphatic rings. The summed E-state index contributed by atoms with van der Waals surface area (Å²) in [4.78, 5) is 39.1. The number of unbranched alkanes of at least 4 members (excludes halogenated alkanes) is 5. The Kier molecular flexibility index (Phi) is 15.7. The molecule has 0 bridgehead atoms. The lowest BCUT2D eigenvalue weighted by Gasteiger charge is -2.31. The number of aliphatic hydroxyl groups is 1. The van der Waals surface area contributed by atoms with Crippen molar-refractivity contribution < 1.29 is 19.5 Å². The van der Waals surface area contributed by atoms with Crippen LogP contribution in [0.15, 0.2) is 12.7 Å². The first-order chi connectivity index (χ1) is 17.2. The second kappa shape index (κ2) is 17.5. The lowest BCUT2D eigenvalue weighted by molar-refractivity contribution is -0.133. The molecule has 1 rings (SSSR count). The van der Waals surface area contributed by atoms with Crippen LogP contribution >= 0.6 is 0 Å². The minimum Gasteiger partial charge on any atom is -0.394 e. The molecule has 2 unspecified atom stereocenters. The van der Waals surface area contributed by atoms with Gasteiger partial charge in [-0.1, -0.05) is 65.9 Å². The van der Waals surface area contributed by atoms with Crippen LogP contribution in [0.2, 0.25) is 0 Å². The molecule has 1 fully saturated rings. The van der Waals surface area contributed by atoms with Crippen LogP contribution in [0.4, 0.5) is 0 Å². The summed E-state index contributed by atoms with van der Waals surface area (Å²) in [5.41, 5.74) is -0.564. The second-order valence-corrected chi connectivity index (χ2v) is 11.0. The van der Waals surface area contributed by atoms with Crippen molar-refractivity contribution in [3.05, 3.63) is 12.7 Å². The van der Waals surface area contributed by atoms with Gasteiger partial charge in [0.1, 0.15) is 6.04 Å². The molecule has 7 nitrogen and oxygen atoms in total. The lowest BCUT2D eigenvalue weighted by atomic mass is 9.78. The Labute approximate surface area is 219 Å². The molecule has 3 amide bonds. The summed E-state index contributed by atoms with van der Waals surface area (Å²) in [5.74, 6) is -0.256. The van der Waals surface area contributed by atoms with E-state index in [1.54, 1.807) is 0 Å². The highest BCUT2D eigenvalue weighted by molar-refractivity contribution is 5.89. The molecule has 0 spiro atoms. The van der Waals surface area contributed by atoms with Gasteiger partial charge < -0.3 is 21.1 Å². The van der Waals surface area contributed by atoms with Gasteiger partial charge in [-0.05, 0) is 57.3 Å². The smallest absolute Gasteiger partial charge is 0.242 e. The van der Waals surface area contributed by atoms with E-state index in [0.29, 0.717) is 32.2 Å².